The van der Waals surface area contributed by atoms with Gasteiger partial charge in [-0.3, -0.25) is 0 Å². The van der Waals surface area contributed by atoms with Crippen LogP contribution in [0.4, 0.5) is 11.4 Å². The Kier molecular flexibility index (Phi) is 7.97. The smallest absolute Gasteiger partial charge is 0.134 e. The fraction of sp³-hybridized carbons (Fsp3) is 0.321. The number of para-hydroxylation sites is 1. The van der Waals surface area contributed by atoms with E-state index in [-0.39, 0.29) is 0 Å². The van der Waals surface area contributed by atoms with Crippen LogP contribution in [0.25, 0.3) is 0 Å². The first-order valence-corrected chi connectivity index (χ1v) is 13.2. The molecule has 0 aliphatic heterocycles. The molecule has 1 fully saturated rings. The van der Waals surface area contributed by atoms with E-state index in [2.05, 4.69) is 56.4 Å². The molecule has 3 aromatic rings. The molecular formula is C28H31BrN2O3S. The van der Waals surface area contributed by atoms with Crippen molar-refractivity contribution in [1.29, 1.82) is 0 Å². The Morgan fingerprint density at radius 3 is 2.34 bits per heavy atom. The van der Waals surface area contributed by atoms with Crippen molar-refractivity contribution in [3.05, 3.63) is 76.3 Å². The molecule has 0 saturated heterocycles. The first kappa shape index (κ1) is 25.5. The topological polar surface area (TPSA) is 42.0 Å². The Hall–Kier alpha value is -2.64. The number of anilines is 2. The molecule has 5 nitrogen and oxygen atoms in total. The molecule has 1 aliphatic carbocycles. The number of aldehydes is 1. The summed E-state index contributed by atoms with van der Waals surface area (Å²) in [4.78, 5) is 15.7. The summed E-state index contributed by atoms with van der Waals surface area (Å²) < 4.78 is 13.9. The van der Waals surface area contributed by atoms with Crippen LogP contribution >= 0.6 is 27.9 Å². The molecule has 0 amide bonds. The highest BCUT2D eigenvalue weighted by atomic mass is 79.9. The molecule has 0 bridgehead atoms. The highest BCUT2D eigenvalue weighted by Crippen LogP contribution is 2.50. The van der Waals surface area contributed by atoms with Crippen molar-refractivity contribution in [2.24, 2.45) is 0 Å². The lowest BCUT2D eigenvalue weighted by atomic mass is 9.65. The molecule has 0 radical (unpaired) electrons. The van der Waals surface area contributed by atoms with Crippen LogP contribution in [-0.2, 0) is 16.8 Å². The van der Waals surface area contributed by atoms with Crippen LogP contribution in [0.2, 0.25) is 0 Å². The minimum absolute atomic E-state index is 0.446. The van der Waals surface area contributed by atoms with E-state index in [1.54, 1.807) is 26.2 Å². The molecule has 1 aliphatic rings. The standard InChI is InChI=1S/C28H31BrN2O3S/c1-30(18-20-10-12-22(33-3)13-11-20)27-23(28(19-32)14-7-15-28)16-21(17-24(27)29)31(2)35-26-9-6-5-8-25(26)34-4/h5-6,8-13,16-17,19H,7,14-15,18H2,1-4H3. The third-order valence-corrected chi connectivity index (χ3v) is 8.31. The SMILES string of the molecule is COc1ccc(CN(C)c2c(Br)cc(N(C)Sc3ccccc3OC)cc2C2(C=O)CCC2)cc1. The number of hydrogen-bond acceptors (Lipinski definition) is 6. The average molecular weight is 556 g/mol. The number of carbonyl (C=O) groups is 1. The monoisotopic (exact) mass is 554 g/mol. The lowest BCUT2D eigenvalue weighted by Crippen LogP contribution is -2.38. The number of carbonyl (C=O) groups excluding carboxylic acids is 1. The van der Waals surface area contributed by atoms with E-state index < -0.39 is 5.41 Å². The molecule has 1 saturated carbocycles. The van der Waals surface area contributed by atoms with E-state index in [9.17, 15) is 4.79 Å². The average Bonchev–Trinajstić information content (AvgIpc) is 2.84. The van der Waals surface area contributed by atoms with E-state index in [0.717, 1.165) is 69.9 Å². The summed E-state index contributed by atoms with van der Waals surface area (Å²) in [5.41, 5.74) is 3.89. The zero-order chi connectivity index (χ0) is 25.0. The minimum atomic E-state index is -0.446. The van der Waals surface area contributed by atoms with Crippen molar-refractivity contribution in [3.8, 4) is 11.5 Å². The molecule has 0 unspecified atom stereocenters. The summed E-state index contributed by atoms with van der Waals surface area (Å²) in [6, 6.07) is 20.4. The number of benzene rings is 3. The summed E-state index contributed by atoms with van der Waals surface area (Å²) >= 11 is 5.46. The summed E-state index contributed by atoms with van der Waals surface area (Å²) in [6.07, 6.45) is 3.96. The maximum Gasteiger partial charge on any atom is 0.134 e. The molecule has 35 heavy (non-hydrogen) atoms. The quantitative estimate of drug-likeness (QED) is 0.201. The number of halogens is 1. The van der Waals surface area contributed by atoms with Crippen LogP contribution in [0.5, 0.6) is 11.5 Å². The Bertz CT molecular complexity index is 1180. The Morgan fingerprint density at radius 1 is 1.03 bits per heavy atom. The number of ether oxygens (including phenoxy) is 2. The van der Waals surface area contributed by atoms with Crippen molar-refractivity contribution < 1.29 is 14.3 Å². The zero-order valence-corrected chi connectivity index (χ0v) is 23.0. The molecule has 4 rings (SSSR count). The van der Waals surface area contributed by atoms with Gasteiger partial charge in [-0.05, 0) is 88.2 Å². The van der Waals surface area contributed by atoms with Crippen LogP contribution in [0.3, 0.4) is 0 Å². The van der Waals surface area contributed by atoms with Gasteiger partial charge in [0, 0.05) is 30.8 Å². The van der Waals surface area contributed by atoms with Crippen molar-refractivity contribution in [1.82, 2.24) is 0 Å². The minimum Gasteiger partial charge on any atom is -0.497 e. The highest BCUT2D eigenvalue weighted by molar-refractivity contribution is 9.10. The number of hydrogen-bond donors (Lipinski definition) is 0. The second kappa shape index (κ2) is 11.0. The van der Waals surface area contributed by atoms with Gasteiger partial charge < -0.3 is 23.5 Å². The first-order chi connectivity index (χ1) is 16.9. The lowest BCUT2D eigenvalue weighted by Gasteiger charge is -2.41. The van der Waals surface area contributed by atoms with Gasteiger partial charge in [-0.25, -0.2) is 0 Å². The molecule has 0 atom stereocenters. The maximum atomic E-state index is 12.4. The van der Waals surface area contributed by atoms with Crippen LogP contribution in [0.1, 0.15) is 30.4 Å². The summed E-state index contributed by atoms with van der Waals surface area (Å²) in [5, 5.41) is 0. The van der Waals surface area contributed by atoms with Crippen LogP contribution in [0.15, 0.2) is 70.0 Å². The lowest BCUT2D eigenvalue weighted by molar-refractivity contribution is -0.115. The van der Waals surface area contributed by atoms with Gasteiger partial charge in [-0.1, -0.05) is 30.7 Å². The van der Waals surface area contributed by atoms with E-state index >= 15 is 0 Å². The van der Waals surface area contributed by atoms with Crippen LogP contribution in [0, 0.1) is 0 Å². The van der Waals surface area contributed by atoms with Crippen LogP contribution < -0.4 is 18.7 Å². The van der Waals surface area contributed by atoms with E-state index in [1.165, 1.54) is 5.56 Å². The van der Waals surface area contributed by atoms with E-state index in [0.29, 0.717) is 0 Å². The van der Waals surface area contributed by atoms with Gasteiger partial charge in [-0.15, -0.1) is 0 Å². The molecule has 0 heterocycles. The molecular weight excluding hydrogens is 524 g/mol. The molecule has 0 aromatic heterocycles. The van der Waals surface area contributed by atoms with E-state index in [1.807, 2.05) is 43.4 Å². The third kappa shape index (κ3) is 5.31. The number of rotatable bonds is 10. The summed E-state index contributed by atoms with van der Waals surface area (Å²) in [5.74, 6) is 1.68. The summed E-state index contributed by atoms with van der Waals surface area (Å²) in [6.45, 7) is 0.718. The Morgan fingerprint density at radius 2 is 1.74 bits per heavy atom. The van der Waals surface area contributed by atoms with Crippen LogP contribution in [-0.4, -0.2) is 34.6 Å². The summed E-state index contributed by atoms with van der Waals surface area (Å²) in [7, 11) is 7.48. The van der Waals surface area contributed by atoms with Gasteiger partial charge in [0.15, 0.2) is 0 Å². The van der Waals surface area contributed by atoms with Gasteiger partial charge in [0.25, 0.3) is 0 Å². The fourth-order valence-corrected chi connectivity index (χ4v) is 6.16. The molecule has 0 spiro atoms. The largest absolute Gasteiger partial charge is 0.497 e. The third-order valence-electron chi connectivity index (χ3n) is 6.68. The van der Waals surface area contributed by atoms with Crippen molar-refractivity contribution in [3.63, 3.8) is 0 Å². The first-order valence-electron chi connectivity index (χ1n) is 11.6. The fourth-order valence-electron chi connectivity index (χ4n) is 4.52. The number of nitrogens with zero attached hydrogens (tertiary/aromatic N) is 2. The maximum absolute atomic E-state index is 12.4. The predicted octanol–water partition coefficient (Wildman–Crippen LogP) is 6.87. The number of methoxy groups -OCH3 is 2. The van der Waals surface area contributed by atoms with Gasteiger partial charge in [-0.2, -0.15) is 0 Å². The van der Waals surface area contributed by atoms with Gasteiger partial charge in [0.05, 0.1) is 30.2 Å². The second-order valence-electron chi connectivity index (χ2n) is 8.90. The zero-order valence-electron chi connectivity index (χ0n) is 20.6. The predicted molar refractivity (Wildman–Crippen MR) is 148 cm³/mol. The van der Waals surface area contributed by atoms with Crippen molar-refractivity contribution in [2.75, 3.05) is 37.5 Å². The normalized spacial score (nSPS) is 14.1. The molecule has 0 N–H and O–H groups in total. The highest BCUT2D eigenvalue weighted by Gasteiger charge is 2.41. The Labute approximate surface area is 220 Å². The Balaban J connectivity index is 1.69. The van der Waals surface area contributed by atoms with Crippen molar-refractivity contribution >= 4 is 45.5 Å². The van der Waals surface area contributed by atoms with Gasteiger partial charge in [0.2, 0.25) is 0 Å². The molecule has 184 valence electrons. The molecule has 3 aromatic carbocycles. The van der Waals surface area contributed by atoms with Gasteiger partial charge in [0.1, 0.15) is 17.8 Å². The van der Waals surface area contributed by atoms with E-state index in [4.69, 9.17) is 9.47 Å². The second-order valence-corrected chi connectivity index (χ2v) is 10.9. The van der Waals surface area contributed by atoms with Gasteiger partial charge >= 0.3 is 0 Å². The molecule has 7 heteroatoms. The van der Waals surface area contributed by atoms with Crippen molar-refractivity contribution in [2.45, 2.75) is 36.1 Å².